The van der Waals surface area contributed by atoms with Crippen molar-refractivity contribution in [2.75, 3.05) is 12.9 Å². The topological polar surface area (TPSA) is 56.5 Å². The Balaban J connectivity index is 1.98. The lowest BCUT2D eigenvalue weighted by atomic mass is 9.97. The molecule has 1 aromatic heterocycles. The minimum absolute atomic E-state index is 0.136. The molecule has 1 heterocycles. The van der Waals surface area contributed by atoms with E-state index in [1.54, 1.807) is 6.26 Å². The lowest BCUT2D eigenvalue weighted by molar-refractivity contribution is 0.326. The second-order valence-corrected chi connectivity index (χ2v) is 7.46. The van der Waals surface area contributed by atoms with Crippen LogP contribution in [0.5, 0.6) is 0 Å². The van der Waals surface area contributed by atoms with E-state index < -0.39 is 10.1 Å². The van der Waals surface area contributed by atoms with Crippen molar-refractivity contribution in [1.82, 2.24) is 0 Å². The van der Waals surface area contributed by atoms with E-state index in [9.17, 15) is 8.42 Å². The highest BCUT2D eigenvalue weighted by molar-refractivity contribution is 7.85. The number of rotatable bonds is 6. The number of benzene rings is 2. The summed E-state index contributed by atoms with van der Waals surface area (Å²) in [6.45, 7) is 2.26. The summed E-state index contributed by atoms with van der Waals surface area (Å²) in [7, 11) is -3.42. The van der Waals surface area contributed by atoms with Crippen LogP contribution >= 0.6 is 0 Å². The van der Waals surface area contributed by atoms with E-state index in [1.807, 2.05) is 24.3 Å². The van der Waals surface area contributed by atoms with Crippen LogP contribution in [0.25, 0.3) is 22.1 Å². The van der Waals surface area contributed by atoms with Gasteiger partial charge in [-0.05, 0) is 47.7 Å². The highest BCUT2D eigenvalue weighted by Crippen LogP contribution is 2.31. The van der Waals surface area contributed by atoms with Crippen LogP contribution in [-0.4, -0.2) is 21.3 Å². The van der Waals surface area contributed by atoms with Gasteiger partial charge in [-0.3, -0.25) is 4.18 Å². The molecule has 0 aliphatic carbocycles. The summed E-state index contributed by atoms with van der Waals surface area (Å²) >= 11 is 0. The first kappa shape index (κ1) is 16.7. The molecule has 0 unspecified atom stereocenters. The fourth-order valence-electron chi connectivity index (χ4n) is 2.77. The van der Waals surface area contributed by atoms with Gasteiger partial charge in [-0.2, -0.15) is 8.42 Å². The highest BCUT2D eigenvalue weighted by Gasteiger charge is 2.11. The van der Waals surface area contributed by atoms with Crippen molar-refractivity contribution < 1.29 is 17.0 Å². The van der Waals surface area contributed by atoms with E-state index in [-0.39, 0.29) is 6.61 Å². The van der Waals surface area contributed by atoms with Crippen molar-refractivity contribution in [2.24, 2.45) is 0 Å². The minimum atomic E-state index is -3.42. The fraction of sp³-hybridized carbons (Fsp3) is 0.263. The molecule has 0 fully saturated rings. The first-order valence-corrected chi connectivity index (χ1v) is 9.72. The molecule has 2 aromatic carbocycles. The third kappa shape index (κ3) is 3.86. The molecule has 0 amide bonds. The van der Waals surface area contributed by atoms with Crippen LogP contribution in [-0.2, 0) is 27.1 Å². The lowest BCUT2D eigenvalue weighted by Crippen LogP contribution is -2.06. The first-order chi connectivity index (χ1) is 11.5. The molecule has 3 rings (SSSR count). The molecule has 0 saturated carbocycles. The van der Waals surface area contributed by atoms with Crippen molar-refractivity contribution in [2.45, 2.75) is 19.8 Å². The second kappa shape index (κ2) is 6.79. The van der Waals surface area contributed by atoms with Gasteiger partial charge in [0.15, 0.2) is 0 Å². The Hall–Kier alpha value is -2.11. The SMILES string of the molecule is CCc1cccc(-c2cc(CCOS(C)(=O)=O)cc3ccoc23)c1. The average Bonchev–Trinajstić information content (AvgIpc) is 3.01. The molecule has 3 aromatic rings. The molecule has 0 saturated heterocycles. The van der Waals surface area contributed by atoms with E-state index in [2.05, 4.69) is 25.1 Å². The summed E-state index contributed by atoms with van der Waals surface area (Å²) in [4.78, 5) is 0. The molecule has 0 aliphatic rings. The minimum Gasteiger partial charge on any atom is -0.464 e. The predicted octanol–water partition coefficient (Wildman–Crippen LogP) is 4.18. The van der Waals surface area contributed by atoms with Crippen LogP contribution < -0.4 is 0 Å². The van der Waals surface area contributed by atoms with Crippen LogP contribution in [0, 0.1) is 0 Å². The van der Waals surface area contributed by atoms with Crippen LogP contribution in [0.2, 0.25) is 0 Å². The van der Waals surface area contributed by atoms with Gasteiger partial charge >= 0.3 is 0 Å². The molecule has 0 aliphatic heterocycles. The second-order valence-electron chi connectivity index (χ2n) is 5.81. The summed E-state index contributed by atoms with van der Waals surface area (Å²) in [5, 5.41) is 1.00. The number of fused-ring (bicyclic) bond motifs is 1. The van der Waals surface area contributed by atoms with Crippen LogP contribution in [0.1, 0.15) is 18.1 Å². The van der Waals surface area contributed by atoms with Gasteiger partial charge in [-0.25, -0.2) is 0 Å². The maximum absolute atomic E-state index is 11.1. The Bertz CT molecular complexity index is 954. The summed E-state index contributed by atoms with van der Waals surface area (Å²) in [5.74, 6) is 0. The van der Waals surface area contributed by atoms with Gasteiger partial charge in [0.2, 0.25) is 0 Å². The molecule has 0 atom stereocenters. The summed E-state index contributed by atoms with van der Waals surface area (Å²) in [6, 6.07) is 14.4. The van der Waals surface area contributed by atoms with Crippen LogP contribution in [0.15, 0.2) is 53.1 Å². The molecule has 126 valence electrons. The Morgan fingerprint density at radius 1 is 1.08 bits per heavy atom. The van der Waals surface area contributed by atoms with E-state index >= 15 is 0 Å². The Morgan fingerprint density at radius 3 is 2.67 bits per heavy atom. The Kier molecular flexibility index (Phi) is 4.73. The van der Waals surface area contributed by atoms with E-state index in [4.69, 9.17) is 8.60 Å². The highest BCUT2D eigenvalue weighted by atomic mass is 32.2. The predicted molar refractivity (Wildman–Crippen MR) is 95.5 cm³/mol. The molecule has 5 heteroatoms. The molecule has 0 N–H and O–H groups in total. The average molecular weight is 344 g/mol. The normalized spacial score (nSPS) is 11.9. The first-order valence-electron chi connectivity index (χ1n) is 7.90. The zero-order valence-electron chi connectivity index (χ0n) is 13.8. The Morgan fingerprint density at radius 2 is 1.92 bits per heavy atom. The molecule has 4 nitrogen and oxygen atoms in total. The quantitative estimate of drug-likeness (QED) is 0.630. The summed E-state index contributed by atoms with van der Waals surface area (Å²) in [5.41, 5.74) is 5.24. The van der Waals surface area contributed by atoms with Gasteiger partial charge in [0.25, 0.3) is 10.1 Å². The van der Waals surface area contributed by atoms with Gasteiger partial charge < -0.3 is 4.42 Å². The number of aryl methyl sites for hydroxylation is 1. The zero-order chi connectivity index (χ0) is 17.2. The largest absolute Gasteiger partial charge is 0.464 e. The van der Waals surface area contributed by atoms with Crippen LogP contribution in [0.3, 0.4) is 0 Å². The van der Waals surface area contributed by atoms with E-state index in [1.165, 1.54) is 5.56 Å². The van der Waals surface area contributed by atoms with Crippen molar-refractivity contribution >= 4 is 21.1 Å². The molecule has 0 bridgehead atoms. The summed E-state index contributed by atoms with van der Waals surface area (Å²) < 4.78 is 32.7. The van der Waals surface area contributed by atoms with Gasteiger partial charge in [0.05, 0.1) is 19.1 Å². The van der Waals surface area contributed by atoms with E-state index in [0.29, 0.717) is 6.42 Å². The van der Waals surface area contributed by atoms with Gasteiger partial charge in [0.1, 0.15) is 5.58 Å². The van der Waals surface area contributed by atoms with Gasteiger partial charge in [-0.15, -0.1) is 0 Å². The third-order valence-electron chi connectivity index (χ3n) is 3.95. The molecule has 0 radical (unpaired) electrons. The van der Waals surface area contributed by atoms with Gasteiger partial charge in [-0.1, -0.05) is 31.2 Å². The number of hydrogen-bond donors (Lipinski definition) is 0. The van der Waals surface area contributed by atoms with Crippen molar-refractivity contribution in [3.05, 3.63) is 59.9 Å². The molecule has 0 spiro atoms. The smallest absolute Gasteiger partial charge is 0.264 e. The van der Waals surface area contributed by atoms with Crippen molar-refractivity contribution in [3.8, 4) is 11.1 Å². The number of hydrogen-bond acceptors (Lipinski definition) is 4. The number of furan rings is 1. The third-order valence-corrected chi connectivity index (χ3v) is 4.54. The zero-order valence-corrected chi connectivity index (χ0v) is 14.6. The van der Waals surface area contributed by atoms with Crippen molar-refractivity contribution in [3.63, 3.8) is 0 Å². The molecular formula is C19H20O4S. The monoisotopic (exact) mass is 344 g/mol. The molecule has 24 heavy (non-hydrogen) atoms. The summed E-state index contributed by atoms with van der Waals surface area (Å²) in [6.07, 6.45) is 4.23. The van der Waals surface area contributed by atoms with Crippen molar-refractivity contribution in [1.29, 1.82) is 0 Å². The van der Waals surface area contributed by atoms with E-state index in [0.717, 1.165) is 40.3 Å². The van der Waals surface area contributed by atoms with Gasteiger partial charge in [0, 0.05) is 10.9 Å². The maximum atomic E-state index is 11.1. The lowest BCUT2D eigenvalue weighted by Gasteiger charge is -2.09. The fourth-order valence-corrected chi connectivity index (χ4v) is 3.16. The standard InChI is InChI=1S/C19H20O4S/c1-3-14-5-4-6-16(11-14)18-13-15(7-10-23-24(2,20)21)12-17-8-9-22-19(17)18/h4-6,8-9,11-13H,3,7,10H2,1-2H3. The maximum Gasteiger partial charge on any atom is 0.264 e. The van der Waals surface area contributed by atoms with Crippen LogP contribution in [0.4, 0.5) is 0 Å². The Labute approximate surface area is 142 Å². The molecular weight excluding hydrogens is 324 g/mol.